The van der Waals surface area contributed by atoms with Crippen LogP contribution >= 0.6 is 11.6 Å². The van der Waals surface area contributed by atoms with Crippen molar-refractivity contribution in [3.63, 3.8) is 0 Å². The molecule has 0 heterocycles. The minimum atomic E-state index is -1.06. The summed E-state index contributed by atoms with van der Waals surface area (Å²) in [6.45, 7) is 0.0265. The molecule has 0 aromatic heterocycles. The normalized spacial score (nSPS) is 10.2. The molecule has 0 atom stereocenters. The fourth-order valence-corrected chi connectivity index (χ4v) is 2.17. The fourth-order valence-electron chi connectivity index (χ4n) is 1.97. The molecule has 0 bridgehead atoms. The maximum absolute atomic E-state index is 11.2. The minimum absolute atomic E-state index is 0.0265. The molecule has 0 aliphatic rings. The van der Waals surface area contributed by atoms with Crippen LogP contribution in [0.15, 0.2) is 42.5 Å². The molecule has 5 nitrogen and oxygen atoms in total. The summed E-state index contributed by atoms with van der Waals surface area (Å²) in [6, 6.07) is 11.1. The smallest absolute Gasteiger partial charge is 0.336 e. The third-order valence-electron chi connectivity index (χ3n) is 2.95. The molecule has 0 fully saturated rings. The molecule has 2 rings (SSSR count). The first-order valence-corrected chi connectivity index (χ1v) is 6.79. The third-order valence-corrected chi connectivity index (χ3v) is 3.18. The van der Waals surface area contributed by atoms with Crippen molar-refractivity contribution in [2.24, 2.45) is 0 Å². The van der Waals surface area contributed by atoms with E-state index in [4.69, 9.17) is 26.6 Å². The second-order valence-corrected chi connectivity index (χ2v) is 5.05. The Morgan fingerprint density at radius 3 is 2.55 bits per heavy atom. The molecule has 0 saturated carbocycles. The Hall–Kier alpha value is -2.53. The molecule has 0 aliphatic heterocycles. The highest BCUT2D eigenvalue weighted by molar-refractivity contribution is 6.30. The van der Waals surface area contributed by atoms with Gasteiger partial charge in [0, 0.05) is 10.6 Å². The number of carbonyl (C=O) groups is 2. The van der Waals surface area contributed by atoms with Crippen LogP contribution in [-0.2, 0) is 17.8 Å². The summed E-state index contributed by atoms with van der Waals surface area (Å²) >= 11 is 5.87. The first-order valence-electron chi connectivity index (χ1n) is 6.41. The van der Waals surface area contributed by atoms with E-state index in [1.54, 1.807) is 24.3 Å². The molecule has 22 heavy (non-hydrogen) atoms. The van der Waals surface area contributed by atoms with Crippen molar-refractivity contribution in [3.8, 4) is 5.75 Å². The van der Waals surface area contributed by atoms with Gasteiger partial charge in [-0.1, -0.05) is 23.7 Å². The van der Waals surface area contributed by atoms with E-state index < -0.39 is 11.9 Å². The summed E-state index contributed by atoms with van der Waals surface area (Å²) in [7, 11) is 0. The van der Waals surface area contributed by atoms with Crippen molar-refractivity contribution in [2.45, 2.75) is 13.0 Å². The molecule has 0 spiro atoms. The lowest BCUT2D eigenvalue weighted by atomic mass is 10.1. The molecule has 0 unspecified atom stereocenters. The minimum Gasteiger partial charge on any atom is -0.489 e. The van der Waals surface area contributed by atoms with Gasteiger partial charge in [-0.15, -0.1) is 0 Å². The number of hydrogen-bond acceptors (Lipinski definition) is 3. The highest BCUT2D eigenvalue weighted by Gasteiger charge is 2.11. The fraction of sp³-hybridized carbons (Fsp3) is 0.125. The van der Waals surface area contributed by atoms with Gasteiger partial charge < -0.3 is 14.9 Å². The van der Waals surface area contributed by atoms with Gasteiger partial charge in [-0.25, -0.2) is 4.79 Å². The maximum atomic E-state index is 11.2. The number of benzene rings is 2. The highest BCUT2D eigenvalue weighted by atomic mass is 35.5. The Kier molecular flexibility index (Phi) is 5.01. The van der Waals surface area contributed by atoms with Crippen LogP contribution < -0.4 is 4.74 Å². The average Bonchev–Trinajstić information content (AvgIpc) is 2.44. The summed E-state index contributed by atoms with van der Waals surface area (Å²) in [5, 5.41) is 18.3. The number of carboxylic acid groups (broad SMARTS) is 2. The van der Waals surface area contributed by atoms with Crippen LogP contribution in [0.5, 0.6) is 5.75 Å². The Labute approximate surface area is 131 Å². The summed E-state index contributed by atoms with van der Waals surface area (Å²) in [4.78, 5) is 21.9. The summed E-state index contributed by atoms with van der Waals surface area (Å²) in [6.07, 6.45) is -0.102. The lowest BCUT2D eigenvalue weighted by Gasteiger charge is -2.10. The Balaban J connectivity index is 2.15. The van der Waals surface area contributed by atoms with Gasteiger partial charge in [-0.2, -0.15) is 0 Å². The highest BCUT2D eigenvalue weighted by Crippen LogP contribution is 2.20. The maximum Gasteiger partial charge on any atom is 0.336 e. The van der Waals surface area contributed by atoms with Crippen LogP contribution in [0, 0.1) is 0 Å². The number of ether oxygens (including phenoxy) is 1. The zero-order valence-electron chi connectivity index (χ0n) is 11.5. The van der Waals surface area contributed by atoms with Crippen molar-refractivity contribution in [3.05, 3.63) is 64.2 Å². The lowest BCUT2D eigenvalue weighted by molar-refractivity contribution is -0.136. The Bertz CT molecular complexity index is 711. The Morgan fingerprint density at radius 1 is 1.09 bits per heavy atom. The molecule has 2 aromatic carbocycles. The lowest BCUT2D eigenvalue weighted by Crippen LogP contribution is -2.06. The first-order chi connectivity index (χ1) is 10.5. The largest absolute Gasteiger partial charge is 0.489 e. The van der Waals surface area contributed by atoms with E-state index in [9.17, 15) is 9.59 Å². The topological polar surface area (TPSA) is 83.8 Å². The van der Waals surface area contributed by atoms with E-state index in [2.05, 4.69) is 0 Å². The number of aromatic carboxylic acids is 1. The molecule has 0 amide bonds. The summed E-state index contributed by atoms with van der Waals surface area (Å²) in [5.74, 6) is -1.52. The van der Waals surface area contributed by atoms with Crippen LogP contribution in [0.2, 0.25) is 5.02 Å². The standard InChI is InChI=1S/C16H13ClO5/c17-12-4-5-14(16(20)21)11(8-12)9-22-13-3-1-2-10(6-13)7-15(18)19/h1-6,8H,7,9H2,(H,18,19)(H,20,21). The van der Waals surface area contributed by atoms with Gasteiger partial charge in [0.15, 0.2) is 0 Å². The van der Waals surface area contributed by atoms with Gasteiger partial charge in [0.1, 0.15) is 12.4 Å². The molecule has 114 valence electrons. The molecular weight excluding hydrogens is 308 g/mol. The number of carboxylic acids is 2. The van der Waals surface area contributed by atoms with Gasteiger partial charge in [0.25, 0.3) is 0 Å². The van der Waals surface area contributed by atoms with Crippen LogP contribution in [0.1, 0.15) is 21.5 Å². The molecule has 2 N–H and O–H groups in total. The predicted molar refractivity (Wildman–Crippen MR) is 80.5 cm³/mol. The quantitative estimate of drug-likeness (QED) is 0.853. The second kappa shape index (κ2) is 6.95. The Morgan fingerprint density at radius 2 is 1.86 bits per heavy atom. The van der Waals surface area contributed by atoms with Crippen LogP contribution in [-0.4, -0.2) is 22.2 Å². The van der Waals surface area contributed by atoms with Crippen LogP contribution in [0.3, 0.4) is 0 Å². The van der Waals surface area contributed by atoms with Crippen LogP contribution in [0.25, 0.3) is 0 Å². The van der Waals surface area contributed by atoms with Gasteiger partial charge in [-0.05, 0) is 35.9 Å². The summed E-state index contributed by atoms with van der Waals surface area (Å²) in [5.41, 5.74) is 1.17. The van der Waals surface area contributed by atoms with Gasteiger partial charge in [-0.3, -0.25) is 4.79 Å². The van der Waals surface area contributed by atoms with Gasteiger partial charge >= 0.3 is 11.9 Å². The van der Waals surface area contributed by atoms with Gasteiger partial charge in [0.2, 0.25) is 0 Å². The van der Waals surface area contributed by atoms with Crippen molar-refractivity contribution < 1.29 is 24.5 Å². The van der Waals surface area contributed by atoms with E-state index in [-0.39, 0.29) is 18.6 Å². The molecule has 0 aliphatic carbocycles. The molecule has 2 aromatic rings. The average molecular weight is 321 g/mol. The molecule has 0 radical (unpaired) electrons. The number of aliphatic carboxylic acids is 1. The van der Waals surface area contributed by atoms with E-state index >= 15 is 0 Å². The van der Waals surface area contributed by atoms with E-state index in [0.29, 0.717) is 21.9 Å². The number of hydrogen-bond donors (Lipinski definition) is 2. The number of rotatable bonds is 6. The number of halogens is 1. The van der Waals surface area contributed by atoms with Crippen molar-refractivity contribution in [1.29, 1.82) is 0 Å². The molecule has 0 saturated heterocycles. The third kappa shape index (κ3) is 4.23. The zero-order valence-corrected chi connectivity index (χ0v) is 12.2. The van der Waals surface area contributed by atoms with Crippen molar-refractivity contribution in [2.75, 3.05) is 0 Å². The van der Waals surface area contributed by atoms with Gasteiger partial charge in [0.05, 0.1) is 12.0 Å². The van der Waals surface area contributed by atoms with E-state index in [1.165, 1.54) is 18.2 Å². The van der Waals surface area contributed by atoms with Crippen molar-refractivity contribution >= 4 is 23.5 Å². The molecular formula is C16H13ClO5. The zero-order chi connectivity index (χ0) is 16.1. The van der Waals surface area contributed by atoms with Crippen molar-refractivity contribution in [1.82, 2.24) is 0 Å². The van der Waals surface area contributed by atoms with E-state index in [1.807, 2.05) is 0 Å². The second-order valence-electron chi connectivity index (χ2n) is 4.61. The van der Waals surface area contributed by atoms with Crippen LogP contribution in [0.4, 0.5) is 0 Å². The molecule has 6 heteroatoms. The van der Waals surface area contributed by atoms with E-state index in [0.717, 1.165) is 0 Å². The first kappa shape index (κ1) is 15.9. The summed E-state index contributed by atoms with van der Waals surface area (Å²) < 4.78 is 5.55. The SMILES string of the molecule is O=C(O)Cc1cccc(OCc2cc(Cl)ccc2C(=O)O)c1. The predicted octanol–water partition coefficient (Wildman–Crippen LogP) is 3.24. The monoisotopic (exact) mass is 320 g/mol.